The molecule has 0 saturated heterocycles. The van der Waals surface area contributed by atoms with E-state index in [-0.39, 0.29) is 0 Å². The summed E-state index contributed by atoms with van der Waals surface area (Å²) in [6.07, 6.45) is 0.753. The number of hydrogen-bond acceptors (Lipinski definition) is 3. The molecule has 3 nitrogen and oxygen atoms in total. The van der Waals surface area contributed by atoms with Crippen molar-refractivity contribution in [2.45, 2.75) is 0 Å². The van der Waals surface area contributed by atoms with Crippen molar-refractivity contribution in [1.82, 2.24) is 0 Å². The molecule has 0 aliphatic rings. The standard InChI is InChI=1S/C8H9BO3/c1-12-9(11)8-4-2-7(6-10)3-5-8/h2-6,11H,1H3. The maximum Gasteiger partial charge on any atom is 0.490 e. The Morgan fingerprint density at radius 2 is 2.00 bits per heavy atom. The lowest BCUT2D eigenvalue weighted by Gasteiger charge is -2.02. The first kappa shape index (κ1) is 8.97. The number of rotatable bonds is 3. The molecule has 0 aliphatic carbocycles. The van der Waals surface area contributed by atoms with Crippen molar-refractivity contribution in [3.63, 3.8) is 0 Å². The molecule has 0 spiro atoms. The molecule has 1 aromatic rings. The van der Waals surface area contributed by atoms with Gasteiger partial charge in [0.15, 0.2) is 0 Å². The maximum absolute atomic E-state index is 10.3. The van der Waals surface area contributed by atoms with Gasteiger partial charge in [0.1, 0.15) is 6.29 Å². The van der Waals surface area contributed by atoms with Crippen LogP contribution >= 0.6 is 0 Å². The van der Waals surface area contributed by atoms with Crippen molar-refractivity contribution in [3.8, 4) is 0 Å². The lowest BCUT2D eigenvalue weighted by atomic mass is 9.79. The van der Waals surface area contributed by atoms with Gasteiger partial charge in [-0.25, -0.2) is 0 Å². The minimum Gasteiger partial charge on any atom is -0.423 e. The zero-order chi connectivity index (χ0) is 8.97. The van der Waals surface area contributed by atoms with Gasteiger partial charge in [-0.15, -0.1) is 0 Å². The largest absolute Gasteiger partial charge is 0.490 e. The van der Waals surface area contributed by atoms with E-state index in [1.807, 2.05) is 0 Å². The molecule has 0 radical (unpaired) electrons. The topological polar surface area (TPSA) is 46.5 Å². The molecule has 1 N–H and O–H groups in total. The van der Waals surface area contributed by atoms with E-state index in [4.69, 9.17) is 0 Å². The van der Waals surface area contributed by atoms with Gasteiger partial charge in [0.25, 0.3) is 0 Å². The van der Waals surface area contributed by atoms with Crippen molar-refractivity contribution in [2.75, 3.05) is 7.11 Å². The van der Waals surface area contributed by atoms with E-state index in [0.29, 0.717) is 11.0 Å². The molecule has 0 bridgehead atoms. The van der Waals surface area contributed by atoms with Crippen LogP contribution in [0.15, 0.2) is 24.3 Å². The highest BCUT2D eigenvalue weighted by atomic mass is 16.5. The van der Waals surface area contributed by atoms with E-state index in [2.05, 4.69) is 4.65 Å². The maximum atomic E-state index is 10.3. The van der Waals surface area contributed by atoms with E-state index in [9.17, 15) is 9.82 Å². The first-order chi connectivity index (χ1) is 5.77. The quantitative estimate of drug-likeness (QED) is 0.498. The molecule has 0 saturated carbocycles. The Labute approximate surface area is 71.1 Å². The van der Waals surface area contributed by atoms with E-state index >= 15 is 0 Å². The molecular formula is C8H9BO3. The minimum absolute atomic E-state index is 0.585. The SMILES string of the molecule is COB(O)c1ccc(C=O)cc1. The molecule has 0 aromatic heterocycles. The number of benzene rings is 1. The number of carbonyl (C=O) groups is 1. The predicted octanol–water partition coefficient (Wildman–Crippen LogP) is -0.167. The fourth-order valence-corrected chi connectivity index (χ4v) is 0.875. The first-order valence-corrected chi connectivity index (χ1v) is 3.54. The van der Waals surface area contributed by atoms with Gasteiger partial charge < -0.3 is 9.68 Å². The van der Waals surface area contributed by atoms with Crippen LogP contribution in [0, 0.1) is 0 Å². The summed E-state index contributed by atoms with van der Waals surface area (Å²) in [6, 6.07) is 6.56. The Bertz CT molecular complexity index is 258. The third-order valence-electron chi connectivity index (χ3n) is 1.58. The zero-order valence-electron chi connectivity index (χ0n) is 6.73. The van der Waals surface area contributed by atoms with Crippen LogP contribution in [0.1, 0.15) is 10.4 Å². The average molecular weight is 164 g/mol. The summed E-state index contributed by atoms with van der Waals surface area (Å²) >= 11 is 0. The molecule has 12 heavy (non-hydrogen) atoms. The van der Waals surface area contributed by atoms with Crippen molar-refractivity contribution >= 4 is 18.9 Å². The van der Waals surface area contributed by atoms with Gasteiger partial charge in [0.2, 0.25) is 0 Å². The molecule has 0 aliphatic heterocycles. The number of carbonyl (C=O) groups excluding carboxylic acids is 1. The summed E-state index contributed by atoms with van der Waals surface area (Å²) < 4.78 is 4.68. The van der Waals surface area contributed by atoms with E-state index in [1.165, 1.54) is 7.11 Å². The van der Waals surface area contributed by atoms with Crippen LogP contribution in [0.3, 0.4) is 0 Å². The molecule has 0 heterocycles. The molecule has 0 atom stereocenters. The van der Waals surface area contributed by atoms with Crippen molar-refractivity contribution in [2.24, 2.45) is 0 Å². The van der Waals surface area contributed by atoms with Gasteiger partial charge in [0, 0.05) is 12.7 Å². The fraction of sp³-hybridized carbons (Fsp3) is 0.125. The Morgan fingerprint density at radius 1 is 1.42 bits per heavy atom. The van der Waals surface area contributed by atoms with Gasteiger partial charge in [-0.1, -0.05) is 24.3 Å². The van der Waals surface area contributed by atoms with Crippen LogP contribution in [0.2, 0.25) is 0 Å². The molecular weight excluding hydrogens is 155 g/mol. The molecule has 0 unspecified atom stereocenters. The van der Waals surface area contributed by atoms with Crippen molar-refractivity contribution in [3.05, 3.63) is 29.8 Å². The van der Waals surface area contributed by atoms with Crippen LogP contribution in [-0.2, 0) is 4.65 Å². The molecule has 1 aromatic carbocycles. The van der Waals surface area contributed by atoms with E-state index in [1.54, 1.807) is 24.3 Å². The highest BCUT2D eigenvalue weighted by Crippen LogP contribution is 1.93. The highest BCUT2D eigenvalue weighted by molar-refractivity contribution is 6.59. The van der Waals surface area contributed by atoms with Gasteiger partial charge >= 0.3 is 7.12 Å². The Hall–Kier alpha value is -1.13. The van der Waals surface area contributed by atoms with Crippen LogP contribution in [0.4, 0.5) is 0 Å². The molecule has 0 amide bonds. The Balaban J connectivity index is 2.84. The smallest absolute Gasteiger partial charge is 0.423 e. The monoisotopic (exact) mass is 164 g/mol. The van der Waals surface area contributed by atoms with Crippen LogP contribution in [-0.4, -0.2) is 25.5 Å². The Kier molecular flexibility index (Phi) is 3.02. The molecule has 1 rings (SSSR count). The van der Waals surface area contributed by atoms with Gasteiger partial charge in [-0.2, -0.15) is 0 Å². The molecule has 62 valence electrons. The normalized spacial score (nSPS) is 9.50. The second kappa shape index (κ2) is 4.04. The summed E-state index contributed by atoms with van der Waals surface area (Å²) in [7, 11) is 0.504. The summed E-state index contributed by atoms with van der Waals surface area (Å²) in [5.41, 5.74) is 1.23. The molecule has 4 heteroatoms. The lowest BCUT2D eigenvalue weighted by Crippen LogP contribution is -2.32. The third-order valence-corrected chi connectivity index (χ3v) is 1.58. The average Bonchev–Trinajstić information content (AvgIpc) is 2.17. The van der Waals surface area contributed by atoms with Crippen molar-refractivity contribution < 1.29 is 14.5 Å². The van der Waals surface area contributed by atoms with Gasteiger partial charge in [0.05, 0.1) is 0 Å². The van der Waals surface area contributed by atoms with E-state index < -0.39 is 7.12 Å². The second-order valence-corrected chi connectivity index (χ2v) is 2.37. The van der Waals surface area contributed by atoms with Crippen LogP contribution in [0.25, 0.3) is 0 Å². The van der Waals surface area contributed by atoms with Gasteiger partial charge in [-0.3, -0.25) is 4.79 Å². The minimum atomic E-state index is -0.911. The predicted molar refractivity (Wildman–Crippen MR) is 46.4 cm³/mol. The summed E-state index contributed by atoms with van der Waals surface area (Å²) in [6.45, 7) is 0. The second-order valence-electron chi connectivity index (χ2n) is 2.37. The Morgan fingerprint density at radius 3 is 2.42 bits per heavy atom. The lowest BCUT2D eigenvalue weighted by molar-refractivity contribution is 0.112. The third kappa shape index (κ3) is 1.93. The van der Waals surface area contributed by atoms with Gasteiger partial charge in [-0.05, 0) is 5.46 Å². The number of aldehydes is 1. The van der Waals surface area contributed by atoms with Crippen LogP contribution < -0.4 is 5.46 Å². The van der Waals surface area contributed by atoms with Crippen LogP contribution in [0.5, 0.6) is 0 Å². The summed E-state index contributed by atoms with van der Waals surface area (Å²) in [4.78, 5) is 10.3. The summed E-state index contributed by atoms with van der Waals surface area (Å²) in [5, 5.41) is 9.18. The highest BCUT2D eigenvalue weighted by Gasteiger charge is 2.12. The van der Waals surface area contributed by atoms with Crippen molar-refractivity contribution in [1.29, 1.82) is 0 Å². The molecule has 0 fully saturated rings. The fourth-order valence-electron chi connectivity index (χ4n) is 0.875. The summed E-state index contributed by atoms with van der Waals surface area (Å²) in [5.74, 6) is 0. The van der Waals surface area contributed by atoms with E-state index in [0.717, 1.165) is 6.29 Å². The first-order valence-electron chi connectivity index (χ1n) is 3.54. The number of hydrogen-bond donors (Lipinski definition) is 1. The zero-order valence-corrected chi connectivity index (χ0v) is 6.73.